The molecule has 2 aliphatic heterocycles. The summed E-state index contributed by atoms with van der Waals surface area (Å²) in [6.45, 7) is 4.91. The molecule has 2 heterocycles. The second kappa shape index (κ2) is 7.70. The van der Waals surface area contributed by atoms with Crippen molar-refractivity contribution in [1.82, 2.24) is 10.2 Å². The molecule has 0 aromatic heterocycles. The number of methoxy groups -OCH3 is 1. The van der Waals surface area contributed by atoms with E-state index in [1.807, 2.05) is 13.1 Å². The topological polar surface area (TPSA) is 46.1 Å². The Morgan fingerprint density at radius 2 is 2.11 bits per heavy atom. The molecular formula is C22H33N3O2. The highest BCUT2D eigenvalue weighted by molar-refractivity contribution is 5.80. The lowest BCUT2D eigenvalue weighted by Crippen LogP contribution is -2.46. The standard InChI is InChI=1S/C22H33N3O2/c1-23-20(25-12-10-21(16-25)11-13-27-17-21)24-15-22(8-3-4-9-22)18-6-5-7-19(14-18)26-2/h5-7,14H,3-4,8-13,15-17H2,1-2H3,(H,23,24). The van der Waals surface area contributed by atoms with E-state index in [9.17, 15) is 0 Å². The minimum Gasteiger partial charge on any atom is -0.497 e. The first-order valence-corrected chi connectivity index (χ1v) is 10.4. The lowest BCUT2D eigenvalue weighted by atomic mass is 9.78. The Labute approximate surface area is 163 Å². The van der Waals surface area contributed by atoms with Gasteiger partial charge in [0, 0.05) is 44.1 Å². The van der Waals surface area contributed by atoms with E-state index in [0.29, 0.717) is 5.41 Å². The maximum atomic E-state index is 5.68. The Balaban J connectivity index is 1.46. The van der Waals surface area contributed by atoms with Crippen LogP contribution < -0.4 is 10.1 Å². The number of aliphatic imine (C=N–C) groups is 1. The van der Waals surface area contributed by atoms with Gasteiger partial charge in [-0.2, -0.15) is 0 Å². The monoisotopic (exact) mass is 371 g/mol. The molecule has 0 amide bonds. The zero-order valence-corrected chi connectivity index (χ0v) is 16.8. The second-order valence-electron chi connectivity index (χ2n) is 8.59. The van der Waals surface area contributed by atoms with Crippen molar-refractivity contribution in [2.24, 2.45) is 10.4 Å². The molecule has 5 heteroatoms. The van der Waals surface area contributed by atoms with E-state index in [1.54, 1.807) is 7.11 Å². The lowest BCUT2D eigenvalue weighted by Gasteiger charge is -2.33. The van der Waals surface area contributed by atoms with Gasteiger partial charge < -0.3 is 19.7 Å². The number of nitrogens with zero attached hydrogens (tertiary/aromatic N) is 2. The molecule has 148 valence electrons. The van der Waals surface area contributed by atoms with E-state index in [0.717, 1.165) is 44.6 Å². The minimum absolute atomic E-state index is 0.179. The Kier molecular flexibility index (Phi) is 5.31. The Hall–Kier alpha value is -1.75. The largest absolute Gasteiger partial charge is 0.497 e. The van der Waals surface area contributed by atoms with Crippen LogP contribution in [0.4, 0.5) is 0 Å². The van der Waals surface area contributed by atoms with Gasteiger partial charge in [-0.15, -0.1) is 0 Å². The fraction of sp³-hybridized carbons (Fsp3) is 0.682. The molecule has 1 aliphatic carbocycles. The Bertz CT molecular complexity index is 676. The van der Waals surface area contributed by atoms with Gasteiger partial charge in [-0.05, 0) is 43.4 Å². The van der Waals surface area contributed by atoms with Crippen LogP contribution in [0, 0.1) is 5.41 Å². The predicted molar refractivity (Wildman–Crippen MR) is 109 cm³/mol. The highest BCUT2D eigenvalue weighted by Crippen LogP contribution is 2.42. The average molecular weight is 372 g/mol. The summed E-state index contributed by atoms with van der Waals surface area (Å²) in [5.74, 6) is 2.00. The first-order valence-electron chi connectivity index (χ1n) is 10.4. The van der Waals surface area contributed by atoms with Crippen molar-refractivity contribution >= 4 is 5.96 Å². The number of rotatable bonds is 4. The van der Waals surface area contributed by atoms with Crippen LogP contribution in [-0.2, 0) is 10.2 Å². The third-order valence-electron chi connectivity index (χ3n) is 6.96. The summed E-state index contributed by atoms with van der Waals surface area (Å²) in [6, 6.07) is 8.63. The molecular weight excluding hydrogens is 338 g/mol. The number of hydrogen-bond donors (Lipinski definition) is 1. The van der Waals surface area contributed by atoms with Crippen molar-refractivity contribution in [1.29, 1.82) is 0 Å². The van der Waals surface area contributed by atoms with E-state index in [2.05, 4.69) is 33.4 Å². The summed E-state index contributed by atoms with van der Waals surface area (Å²) >= 11 is 0. The van der Waals surface area contributed by atoms with Crippen LogP contribution in [0.5, 0.6) is 5.75 Å². The van der Waals surface area contributed by atoms with Crippen LogP contribution in [0.15, 0.2) is 29.3 Å². The van der Waals surface area contributed by atoms with E-state index in [4.69, 9.17) is 9.47 Å². The first kappa shape index (κ1) is 18.6. The van der Waals surface area contributed by atoms with Crippen LogP contribution in [0.3, 0.4) is 0 Å². The maximum Gasteiger partial charge on any atom is 0.193 e. The molecule has 0 bridgehead atoms. The Morgan fingerprint density at radius 1 is 1.26 bits per heavy atom. The van der Waals surface area contributed by atoms with E-state index >= 15 is 0 Å². The van der Waals surface area contributed by atoms with Crippen LogP contribution in [0.2, 0.25) is 0 Å². The lowest BCUT2D eigenvalue weighted by molar-refractivity contribution is 0.156. The normalized spacial score (nSPS) is 27.5. The van der Waals surface area contributed by atoms with Gasteiger partial charge in [-0.1, -0.05) is 25.0 Å². The molecule has 1 atom stereocenters. The maximum absolute atomic E-state index is 5.68. The molecule has 1 saturated carbocycles. The molecule has 0 radical (unpaired) electrons. The molecule has 3 aliphatic rings. The first-order chi connectivity index (χ1) is 13.2. The number of benzene rings is 1. The second-order valence-corrected chi connectivity index (χ2v) is 8.59. The fourth-order valence-corrected chi connectivity index (χ4v) is 5.24. The van der Waals surface area contributed by atoms with Crippen molar-refractivity contribution in [2.75, 3.05) is 47.0 Å². The van der Waals surface area contributed by atoms with Gasteiger partial charge in [0.25, 0.3) is 0 Å². The van der Waals surface area contributed by atoms with E-state index in [1.165, 1.54) is 44.1 Å². The molecule has 4 rings (SSSR count). The summed E-state index contributed by atoms with van der Waals surface area (Å²) in [7, 11) is 3.65. The van der Waals surface area contributed by atoms with Gasteiger partial charge in [0.1, 0.15) is 5.75 Å². The molecule has 3 fully saturated rings. The van der Waals surface area contributed by atoms with Gasteiger partial charge in [-0.3, -0.25) is 4.99 Å². The zero-order valence-electron chi connectivity index (χ0n) is 16.8. The van der Waals surface area contributed by atoms with Crippen molar-refractivity contribution in [3.05, 3.63) is 29.8 Å². The molecule has 27 heavy (non-hydrogen) atoms. The van der Waals surface area contributed by atoms with Crippen molar-refractivity contribution in [3.8, 4) is 5.75 Å². The summed E-state index contributed by atoms with van der Waals surface area (Å²) < 4.78 is 11.2. The van der Waals surface area contributed by atoms with Crippen LogP contribution in [0.1, 0.15) is 44.1 Å². The van der Waals surface area contributed by atoms with Crippen LogP contribution in [-0.4, -0.2) is 57.9 Å². The molecule has 1 N–H and O–H groups in total. The summed E-state index contributed by atoms with van der Waals surface area (Å²) in [5.41, 5.74) is 1.93. The third kappa shape index (κ3) is 3.66. The summed E-state index contributed by atoms with van der Waals surface area (Å²) in [4.78, 5) is 7.04. The van der Waals surface area contributed by atoms with Crippen molar-refractivity contribution < 1.29 is 9.47 Å². The molecule has 1 aromatic rings. The van der Waals surface area contributed by atoms with Crippen LogP contribution >= 0.6 is 0 Å². The Morgan fingerprint density at radius 3 is 2.81 bits per heavy atom. The van der Waals surface area contributed by atoms with E-state index < -0.39 is 0 Å². The van der Waals surface area contributed by atoms with Crippen LogP contribution in [0.25, 0.3) is 0 Å². The fourth-order valence-electron chi connectivity index (χ4n) is 5.24. The van der Waals surface area contributed by atoms with E-state index in [-0.39, 0.29) is 5.41 Å². The molecule has 1 unspecified atom stereocenters. The number of ether oxygens (including phenoxy) is 2. The molecule has 1 spiro atoms. The zero-order chi connectivity index (χ0) is 18.7. The quantitative estimate of drug-likeness (QED) is 0.652. The smallest absolute Gasteiger partial charge is 0.193 e. The van der Waals surface area contributed by atoms with Gasteiger partial charge in [0.15, 0.2) is 5.96 Å². The number of likely N-dealkylation sites (tertiary alicyclic amines) is 1. The van der Waals surface area contributed by atoms with Crippen molar-refractivity contribution in [2.45, 2.75) is 43.9 Å². The third-order valence-corrected chi connectivity index (χ3v) is 6.96. The summed E-state index contributed by atoms with van der Waals surface area (Å²) in [6.07, 6.45) is 7.44. The summed E-state index contributed by atoms with van der Waals surface area (Å²) in [5, 5.41) is 3.73. The van der Waals surface area contributed by atoms with Gasteiger partial charge in [0.2, 0.25) is 0 Å². The average Bonchev–Trinajstić information content (AvgIpc) is 3.46. The molecule has 2 saturated heterocycles. The minimum atomic E-state index is 0.179. The number of guanidine groups is 1. The number of nitrogens with one attached hydrogen (secondary N) is 1. The van der Waals surface area contributed by atoms with Crippen molar-refractivity contribution in [3.63, 3.8) is 0 Å². The SMILES string of the molecule is CN=C(NCC1(c2cccc(OC)c2)CCCC1)N1CCC2(CCOC2)C1. The number of hydrogen-bond acceptors (Lipinski definition) is 3. The highest BCUT2D eigenvalue weighted by atomic mass is 16.5. The molecule has 1 aromatic carbocycles. The van der Waals surface area contributed by atoms with Gasteiger partial charge in [0.05, 0.1) is 13.7 Å². The van der Waals surface area contributed by atoms with Gasteiger partial charge in [-0.25, -0.2) is 0 Å². The molecule has 5 nitrogen and oxygen atoms in total. The highest BCUT2D eigenvalue weighted by Gasteiger charge is 2.43. The van der Waals surface area contributed by atoms with Gasteiger partial charge >= 0.3 is 0 Å². The predicted octanol–water partition coefficient (Wildman–Crippen LogP) is 3.19.